The van der Waals surface area contributed by atoms with E-state index in [4.69, 9.17) is 5.11 Å². The lowest BCUT2D eigenvalue weighted by Gasteiger charge is -2.15. The summed E-state index contributed by atoms with van der Waals surface area (Å²) in [6.07, 6.45) is 3.01. The molecule has 0 radical (unpaired) electrons. The third-order valence-electron chi connectivity index (χ3n) is 3.11. The van der Waals surface area contributed by atoms with Crippen molar-refractivity contribution in [2.75, 3.05) is 6.54 Å². The third-order valence-corrected chi connectivity index (χ3v) is 3.11. The van der Waals surface area contributed by atoms with Gasteiger partial charge in [0, 0.05) is 19.0 Å². The van der Waals surface area contributed by atoms with Gasteiger partial charge in [0.2, 0.25) is 5.91 Å². The first-order chi connectivity index (χ1) is 9.90. The van der Waals surface area contributed by atoms with Crippen molar-refractivity contribution in [3.63, 3.8) is 0 Å². The zero-order valence-corrected chi connectivity index (χ0v) is 13.1. The van der Waals surface area contributed by atoms with Gasteiger partial charge in [-0.25, -0.2) is 9.59 Å². The molecule has 0 aromatic heterocycles. The molecule has 7 heteroatoms. The quantitative estimate of drug-likeness (QED) is 0.487. The maximum absolute atomic E-state index is 11.6. The Kier molecular flexibility index (Phi) is 10.0. The summed E-state index contributed by atoms with van der Waals surface area (Å²) in [5.74, 6) is -1.18. The van der Waals surface area contributed by atoms with Gasteiger partial charge in [-0.3, -0.25) is 4.79 Å². The largest absolute Gasteiger partial charge is 0.480 e. The molecule has 0 aromatic carbocycles. The third kappa shape index (κ3) is 9.70. The zero-order chi connectivity index (χ0) is 16.3. The van der Waals surface area contributed by atoms with E-state index in [-0.39, 0.29) is 24.9 Å². The lowest BCUT2D eigenvalue weighted by molar-refractivity contribution is -0.139. The number of carbonyl (C=O) groups is 3. The molecule has 0 saturated carbocycles. The van der Waals surface area contributed by atoms with Gasteiger partial charge < -0.3 is 21.1 Å². The van der Waals surface area contributed by atoms with Crippen LogP contribution >= 0.6 is 0 Å². The average molecular weight is 301 g/mol. The van der Waals surface area contributed by atoms with E-state index in [0.717, 1.165) is 19.3 Å². The molecule has 0 fully saturated rings. The van der Waals surface area contributed by atoms with Crippen molar-refractivity contribution < 1.29 is 19.5 Å². The Morgan fingerprint density at radius 3 is 2.33 bits per heavy atom. The summed E-state index contributed by atoms with van der Waals surface area (Å²) in [7, 11) is 0. The summed E-state index contributed by atoms with van der Waals surface area (Å²) in [4.78, 5) is 34.0. The number of hydrogen-bond donors (Lipinski definition) is 4. The van der Waals surface area contributed by atoms with Gasteiger partial charge in [0.05, 0.1) is 0 Å². The summed E-state index contributed by atoms with van der Waals surface area (Å²) in [6, 6.07) is -1.34. The first kappa shape index (κ1) is 19.2. The van der Waals surface area contributed by atoms with E-state index < -0.39 is 18.0 Å². The SMILES string of the molecule is CCCC[C@H](NC(=O)NCCC(=O)NC(C)CC)C(=O)O. The van der Waals surface area contributed by atoms with Gasteiger partial charge in [0.15, 0.2) is 0 Å². The lowest BCUT2D eigenvalue weighted by Crippen LogP contribution is -2.46. The number of urea groups is 1. The second kappa shape index (κ2) is 10.9. The second-order valence-electron chi connectivity index (χ2n) is 5.06. The van der Waals surface area contributed by atoms with E-state index in [9.17, 15) is 14.4 Å². The van der Waals surface area contributed by atoms with Crippen molar-refractivity contribution in [3.8, 4) is 0 Å². The van der Waals surface area contributed by atoms with Crippen molar-refractivity contribution in [2.45, 2.75) is 65.0 Å². The maximum atomic E-state index is 11.6. The van der Waals surface area contributed by atoms with Gasteiger partial charge in [0.25, 0.3) is 0 Å². The normalized spacial score (nSPS) is 13.1. The zero-order valence-electron chi connectivity index (χ0n) is 13.1. The Labute approximate surface area is 125 Å². The molecule has 4 N–H and O–H groups in total. The van der Waals surface area contributed by atoms with Crippen LogP contribution in [0.15, 0.2) is 0 Å². The number of hydrogen-bond acceptors (Lipinski definition) is 3. The minimum Gasteiger partial charge on any atom is -0.480 e. The minimum atomic E-state index is -1.05. The number of amides is 3. The molecule has 0 aliphatic carbocycles. The highest BCUT2D eigenvalue weighted by atomic mass is 16.4. The Bertz CT molecular complexity index is 347. The number of carboxylic acid groups (broad SMARTS) is 1. The van der Waals surface area contributed by atoms with Gasteiger partial charge in [-0.1, -0.05) is 26.7 Å². The number of nitrogens with one attached hydrogen (secondary N) is 3. The Morgan fingerprint density at radius 2 is 1.81 bits per heavy atom. The van der Waals surface area contributed by atoms with E-state index >= 15 is 0 Å². The fraction of sp³-hybridized carbons (Fsp3) is 0.786. The van der Waals surface area contributed by atoms with Crippen molar-refractivity contribution in [1.82, 2.24) is 16.0 Å². The molecule has 0 aromatic rings. The summed E-state index contributed by atoms with van der Waals surface area (Å²) >= 11 is 0. The predicted molar refractivity (Wildman–Crippen MR) is 80.0 cm³/mol. The molecule has 1 unspecified atom stereocenters. The number of aliphatic carboxylic acids is 1. The van der Waals surface area contributed by atoms with Crippen LogP contribution in [0.25, 0.3) is 0 Å². The van der Waals surface area contributed by atoms with Gasteiger partial charge in [-0.05, 0) is 19.8 Å². The van der Waals surface area contributed by atoms with Crippen LogP contribution in [-0.4, -0.2) is 41.6 Å². The summed E-state index contributed by atoms with van der Waals surface area (Å²) in [5.41, 5.74) is 0. The van der Waals surface area contributed by atoms with Crippen LogP contribution in [0.5, 0.6) is 0 Å². The molecular formula is C14H27N3O4. The lowest BCUT2D eigenvalue weighted by atomic mass is 10.1. The minimum absolute atomic E-state index is 0.108. The molecule has 21 heavy (non-hydrogen) atoms. The van der Waals surface area contributed by atoms with E-state index in [1.165, 1.54) is 0 Å². The average Bonchev–Trinajstić information content (AvgIpc) is 2.42. The van der Waals surface area contributed by atoms with Gasteiger partial charge in [0.1, 0.15) is 6.04 Å². The molecule has 122 valence electrons. The molecule has 2 atom stereocenters. The first-order valence-corrected chi connectivity index (χ1v) is 7.47. The van der Waals surface area contributed by atoms with Crippen molar-refractivity contribution in [1.29, 1.82) is 0 Å². The summed E-state index contributed by atoms with van der Waals surface area (Å²) in [6.45, 7) is 6.01. The van der Waals surface area contributed by atoms with Crippen LogP contribution in [0.2, 0.25) is 0 Å². The van der Waals surface area contributed by atoms with Crippen molar-refractivity contribution in [2.24, 2.45) is 0 Å². The van der Waals surface area contributed by atoms with Crippen LogP contribution in [0.1, 0.15) is 52.9 Å². The van der Waals surface area contributed by atoms with Crippen molar-refractivity contribution >= 4 is 17.9 Å². The number of unbranched alkanes of at least 4 members (excludes halogenated alkanes) is 1. The van der Waals surface area contributed by atoms with Crippen LogP contribution in [0.3, 0.4) is 0 Å². The Morgan fingerprint density at radius 1 is 1.14 bits per heavy atom. The molecule has 0 heterocycles. The standard InChI is InChI=1S/C14H27N3O4/c1-4-6-7-11(13(19)20)17-14(21)15-9-8-12(18)16-10(3)5-2/h10-11H,4-9H2,1-3H3,(H,16,18)(H,19,20)(H2,15,17,21)/t10?,11-/m0/s1. The number of carboxylic acids is 1. The summed E-state index contributed by atoms with van der Waals surface area (Å²) in [5, 5.41) is 16.7. The van der Waals surface area contributed by atoms with Crippen LogP contribution in [0.4, 0.5) is 4.79 Å². The fourth-order valence-corrected chi connectivity index (χ4v) is 1.61. The van der Waals surface area contributed by atoms with E-state index in [1.807, 2.05) is 20.8 Å². The van der Waals surface area contributed by atoms with E-state index in [1.54, 1.807) is 0 Å². The molecule has 0 saturated heterocycles. The van der Waals surface area contributed by atoms with E-state index in [2.05, 4.69) is 16.0 Å². The van der Waals surface area contributed by atoms with E-state index in [0.29, 0.717) is 6.42 Å². The smallest absolute Gasteiger partial charge is 0.326 e. The fourth-order valence-electron chi connectivity index (χ4n) is 1.61. The van der Waals surface area contributed by atoms with Crippen LogP contribution < -0.4 is 16.0 Å². The summed E-state index contributed by atoms with van der Waals surface area (Å²) < 4.78 is 0. The first-order valence-electron chi connectivity index (χ1n) is 7.47. The maximum Gasteiger partial charge on any atom is 0.326 e. The molecular weight excluding hydrogens is 274 g/mol. The molecule has 7 nitrogen and oxygen atoms in total. The second-order valence-corrected chi connectivity index (χ2v) is 5.06. The molecule has 0 aliphatic heterocycles. The number of rotatable bonds is 10. The van der Waals surface area contributed by atoms with Gasteiger partial charge >= 0.3 is 12.0 Å². The predicted octanol–water partition coefficient (Wildman–Crippen LogP) is 1.23. The number of carbonyl (C=O) groups excluding carboxylic acids is 2. The van der Waals surface area contributed by atoms with Gasteiger partial charge in [-0.2, -0.15) is 0 Å². The van der Waals surface area contributed by atoms with Crippen LogP contribution in [0, 0.1) is 0 Å². The van der Waals surface area contributed by atoms with Crippen LogP contribution in [-0.2, 0) is 9.59 Å². The molecule has 0 spiro atoms. The molecule has 0 rings (SSSR count). The highest BCUT2D eigenvalue weighted by molar-refractivity contribution is 5.83. The van der Waals surface area contributed by atoms with Crippen molar-refractivity contribution in [3.05, 3.63) is 0 Å². The molecule has 3 amide bonds. The topological polar surface area (TPSA) is 108 Å². The highest BCUT2D eigenvalue weighted by Crippen LogP contribution is 2.00. The molecule has 0 aliphatic rings. The Hall–Kier alpha value is -1.79. The highest BCUT2D eigenvalue weighted by Gasteiger charge is 2.18. The monoisotopic (exact) mass is 301 g/mol. The Balaban J connectivity index is 3.97. The molecule has 0 bridgehead atoms. The van der Waals surface area contributed by atoms with Gasteiger partial charge in [-0.15, -0.1) is 0 Å².